The van der Waals surface area contributed by atoms with Crippen molar-refractivity contribution in [2.75, 3.05) is 13.2 Å². The predicted molar refractivity (Wildman–Crippen MR) is 93.1 cm³/mol. The molecule has 11 heteroatoms. The van der Waals surface area contributed by atoms with E-state index in [1.165, 1.54) is 12.3 Å². The van der Waals surface area contributed by atoms with Crippen LogP contribution < -0.4 is 9.47 Å². The first-order chi connectivity index (χ1) is 13.6. The zero-order valence-corrected chi connectivity index (χ0v) is 15.0. The van der Waals surface area contributed by atoms with Gasteiger partial charge in [0.25, 0.3) is 6.01 Å². The number of nitrogens with one attached hydrogen (secondary N) is 1. The van der Waals surface area contributed by atoms with Crippen LogP contribution in [0.2, 0.25) is 5.02 Å². The normalized spacial score (nSPS) is 26.5. The van der Waals surface area contributed by atoms with Crippen LogP contribution in [0.3, 0.4) is 0 Å². The van der Waals surface area contributed by atoms with Crippen molar-refractivity contribution >= 4 is 22.8 Å². The lowest BCUT2D eigenvalue weighted by molar-refractivity contribution is 0.00706. The quantitative estimate of drug-likeness (QED) is 0.672. The highest BCUT2D eigenvalue weighted by Crippen LogP contribution is 2.32. The standard InChI is InChI=1S/C17H14ClFN4O5/c18-9-2-10-15(22-16(9)27-8-1-7(19)3-20-4-8)23-17(21-10)28-12-6-26-13-11(24)5-25-14(12)13/h1-4,11-14,24H,5-6H2,(H,21,22,23)/t11-,12-,13?,14-/m1/s1. The minimum absolute atomic E-state index is 0.0612. The summed E-state index contributed by atoms with van der Waals surface area (Å²) in [6.07, 6.45) is 0.573. The van der Waals surface area contributed by atoms with Gasteiger partial charge < -0.3 is 29.0 Å². The van der Waals surface area contributed by atoms with Gasteiger partial charge in [-0.15, -0.1) is 0 Å². The summed E-state index contributed by atoms with van der Waals surface area (Å²) in [6.45, 7) is 0.487. The third kappa shape index (κ3) is 3.14. The highest BCUT2D eigenvalue weighted by Gasteiger charge is 2.48. The number of nitrogens with zero attached hydrogens (tertiary/aromatic N) is 3. The van der Waals surface area contributed by atoms with Crippen molar-refractivity contribution in [3.8, 4) is 17.6 Å². The largest absolute Gasteiger partial charge is 0.456 e. The minimum Gasteiger partial charge on any atom is -0.456 e. The molecular formula is C17H14ClFN4O5. The molecule has 3 aromatic heterocycles. The second-order valence-electron chi connectivity index (χ2n) is 6.45. The second-order valence-corrected chi connectivity index (χ2v) is 6.86. The number of ether oxygens (including phenoxy) is 4. The molecule has 9 nitrogen and oxygen atoms in total. The maximum atomic E-state index is 13.3. The van der Waals surface area contributed by atoms with E-state index in [1.54, 1.807) is 6.07 Å². The Balaban J connectivity index is 1.37. The van der Waals surface area contributed by atoms with E-state index in [0.717, 1.165) is 6.20 Å². The van der Waals surface area contributed by atoms with Gasteiger partial charge in [-0.05, 0) is 6.07 Å². The number of imidazole rings is 1. The van der Waals surface area contributed by atoms with Gasteiger partial charge in [-0.25, -0.2) is 4.39 Å². The number of pyridine rings is 2. The van der Waals surface area contributed by atoms with Gasteiger partial charge >= 0.3 is 0 Å². The molecule has 2 saturated heterocycles. The van der Waals surface area contributed by atoms with Crippen molar-refractivity contribution in [3.63, 3.8) is 0 Å². The molecule has 0 amide bonds. The van der Waals surface area contributed by atoms with Crippen LogP contribution in [0, 0.1) is 5.82 Å². The highest BCUT2D eigenvalue weighted by atomic mass is 35.5. The predicted octanol–water partition coefficient (Wildman–Crippen LogP) is 1.84. The van der Waals surface area contributed by atoms with Gasteiger partial charge in [0.2, 0.25) is 5.88 Å². The SMILES string of the molecule is O[C@@H]1CO[C@H]2C1OC[C@H]2Oc1nc2nc(Oc3cncc(F)c3)c(Cl)cc2[nH]1. The maximum Gasteiger partial charge on any atom is 0.296 e. The summed E-state index contributed by atoms with van der Waals surface area (Å²) < 4.78 is 35.7. The Morgan fingerprint density at radius 2 is 2.04 bits per heavy atom. The first-order valence-electron chi connectivity index (χ1n) is 8.49. The van der Waals surface area contributed by atoms with Crippen LogP contribution in [-0.4, -0.2) is 62.7 Å². The third-order valence-electron chi connectivity index (χ3n) is 4.51. The van der Waals surface area contributed by atoms with E-state index in [0.29, 0.717) is 11.2 Å². The Morgan fingerprint density at radius 3 is 2.89 bits per heavy atom. The molecule has 2 aliphatic rings. The lowest BCUT2D eigenvalue weighted by Crippen LogP contribution is -2.34. The molecule has 28 heavy (non-hydrogen) atoms. The average molecular weight is 409 g/mol. The molecule has 2 N–H and O–H groups in total. The van der Waals surface area contributed by atoms with Gasteiger partial charge in [0.05, 0.1) is 31.1 Å². The van der Waals surface area contributed by atoms with Crippen LogP contribution >= 0.6 is 11.6 Å². The van der Waals surface area contributed by atoms with Gasteiger partial charge in [0.1, 0.15) is 29.2 Å². The minimum atomic E-state index is -0.660. The van der Waals surface area contributed by atoms with Gasteiger partial charge in [-0.3, -0.25) is 4.98 Å². The molecule has 1 unspecified atom stereocenters. The summed E-state index contributed by atoms with van der Waals surface area (Å²) in [4.78, 5) is 15.2. The van der Waals surface area contributed by atoms with Crippen molar-refractivity contribution in [1.82, 2.24) is 19.9 Å². The van der Waals surface area contributed by atoms with Crippen molar-refractivity contribution in [2.45, 2.75) is 24.4 Å². The van der Waals surface area contributed by atoms with E-state index in [1.807, 2.05) is 0 Å². The summed E-state index contributed by atoms with van der Waals surface area (Å²) in [6, 6.07) is 2.96. The van der Waals surface area contributed by atoms with Gasteiger partial charge in [0.15, 0.2) is 17.5 Å². The van der Waals surface area contributed by atoms with E-state index in [4.69, 9.17) is 30.5 Å². The Bertz CT molecular complexity index is 1030. The van der Waals surface area contributed by atoms with Crippen molar-refractivity contribution in [1.29, 1.82) is 0 Å². The molecule has 0 radical (unpaired) electrons. The maximum absolute atomic E-state index is 13.3. The first kappa shape index (κ1) is 17.6. The van der Waals surface area contributed by atoms with Crippen LogP contribution in [-0.2, 0) is 9.47 Å². The lowest BCUT2D eigenvalue weighted by atomic mass is 10.1. The number of hydrogen-bond donors (Lipinski definition) is 2. The number of aromatic amines is 1. The number of aliphatic hydroxyl groups is 1. The smallest absolute Gasteiger partial charge is 0.296 e. The van der Waals surface area contributed by atoms with E-state index in [2.05, 4.69) is 19.9 Å². The molecule has 2 aliphatic heterocycles. The number of fused-ring (bicyclic) bond motifs is 2. The van der Waals surface area contributed by atoms with Crippen LogP contribution in [0.4, 0.5) is 4.39 Å². The Labute approximate surface area is 162 Å². The van der Waals surface area contributed by atoms with E-state index in [9.17, 15) is 9.50 Å². The molecule has 4 atom stereocenters. The molecule has 5 heterocycles. The first-order valence-corrected chi connectivity index (χ1v) is 8.87. The topological polar surface area (TPSA) is 112 Å². The summed E-state index contributed by atoms with van der Waals surface area (Å²) in [5.74, 6) is -0.320. The number of halogens is 2. The molecule has 0 spiro atoms. The monoisotopic (exact) mass is 408 g/mol. The number of aromatic nitrogens is 4. The van der Waals surface area contributed by atoms with Crippen molar-refractivity contribution < 1.29 is 28.4 Å². The number of rotatable bonds is 4. The molecule has 0 bridgehead atoms. The van der Waals surface area contributed by atoms with Crippen molar-refractivity contribution in [3.05, 3.63) is 35.4 Å². The Hall–Kier alpha value is -2.53. The van der Waals surface area contributed by atoms with E-state index < -0.39 is 24.1 Å². The molecule has 3 aromatic rings. The Kier molecular flexibility index (Phi) is 4.27. The van der Waals surface area contributed by atoms with Crippen LogP contribution in [0.15, 0.2) is 24.5 Å². The molecular weight excluding hydrogens is 395 g/mol. The number of hydrogen-bond acceptors (Lipinski definition) is 8. The number of H-pyrrole nitrogens is 1. The summed E-state index contributed by atoms with van der Waals surface area (Å²) >= 11 is 6.20. The molecule has 146 valence electrons. The van der Waals surface area contributed by atoms with Gasteiger partial charge in [-0.1, -0.05) is 11.6 Å². The van der Waals surface area contributed by atoms with Crippen LogP contribution in [0.25, 0.3) is 11.2 Å². The fourth-order valence-electron chi connectivity index (χ4n) is 3.25. The third-order valence-corrected chi connectivity index (χ3v) is 4.78. The van der Waals surface area contributed by atoms with Crippen molar-refractivity contribution in [2.24, 2.45) is 0 Å². The Morgan fingerprint density at radius 1 is 1.18 bits per heavy atom. The van der Waals surface area contributed by atoms with E-state index >= 15 is 0 Å². The lowest BCUT2D eigenvalue weighted by Gasteiger charge is -2.15. The van der Waals surface area contributed by atoms with Crippen LogP contribution in [0.1, 0.15) is 0 Å². The molecule has 0 saturated carbocycles. The highest BCUT2D eigenvalue weighted by molar-refractivity contribution is 6.32. The van der Waals surface area contributed by atoms with Gasteiger partial charge in [-0.2, -0.15) is 9.97 Å². The summed E-state index contributed by atoms with van der Waals surface area (Å²) in [5, 5.41) is 10.0. The second kappa shape index (κ2) is 6.82. The molecule has 2 fully saturated rings. The number of aliphatic hydroxyl groups excluding tert-OH is 1. The molecule has 0 aliphatic carbocycles. The van der Waals surface area contributed by atoms with E-state index in [-0.39, 0.29) is 42.0 Å². The summed E-state index contributed by atoms with van der Waals surface area (Å²) in [5.41, 5.74) is 0.842. The summed E-state index contributed by atoms with van der Waals surface area (Å²) in [7, 11) is 0. The fourth-order valence-corrected chi connectivity index (χ4v) is 3.44. The van der Waals surface area contributed by atoms with Gasteiger partial charge in [0, 0.05) is 6.07 Å². The zero-order valence-electron chi connectivity index (χ0n) is 14.2. The van der Waals surface area contributed by atoms with Crippen LogP contribution in [0.5, 0.6) is 17.6 Å². The zero-order chi connectivity index (χ0) is 19.3. The molecule has 5 rings (SSSR count). The average Bonchev–Trinajstić information content (AvgIpc) is 3.33. The fraction of sp³-hybridized carbons (Fsp3) is 0.353. The molecule has 0 aromatic carbocycles.